The lowest BCUT2D eigenvalue weighted by molar-refractivity contribution is -0.144. The largest absolute Gasteiger partial charge is 0.460 e. The molecule has 0 radical (unpaired) electrons. The Kier molecular flexibility index (Phi) is 4.52. The van der Waals surface area contributed by atoms with Crippen molar-refractivity contribution in [3.05, 3.63) is 84.4 Å². The molecule has 2 aromatic heterocycles. The molecule has 0 amide bonds. The topological polar surface area (TPSA) is 70.2 Å². The summed E-state index contributed by atoms with van der Waals surface area (Å²) in [4.78, 5) is 16.8. The van der Waals surface area contributed by atoms with Crippen molar-refractivity contribution in [2.24, 2.45) is 7.05 Å². The number of aryl methyl sites for hydroxylation is 1. The molecule has 0 fully saturated rings. The van der Waals surface area contributed by atoms with Gasteiger partial charge in [-0.15, -0.1) is 0 Å². The molecule has 0 aliphatic rings. The lowest BCUT2D eigenvalue weighted by Gasteiger charge is -2.00. The summed E-state index contributed by atoms with van der Waals surface area (Å²) in [6, 6.07) is 23.7. The highest BCUT2D eigenvalue weighted by atomic mass is 16.5. The summed E-state index contributed by atoms with van der Waals surface area (Å²) in [7, 11) is 1.82. The van der Waals surface area contributed by atoms with Crippen LogP contribution in [0.3, 0.4) is 0 Å². The van der Waals surface area contributed by atoms with Crippen molar-refractivity contribution in [2.45, 2.75) is 13.0 Å². The van der Waals surface area contributed by atoms with E-state index in [2.05, 4.69) is 16.1 Å². The molecule has 0 bridgehead atoms. The third kappa shape index (κ3) is 3.43. The number of aromatic nitrogens is 3. The summed E-state index contributed by atoms with van der Waals surface area (Å²) in [5.74, 6) is 1.38. The first-order chi connectivity index (χ1) is 14.7. The van der Waals surface area contributed by atoms with Crippen LogP contribution in [0.4, 0.5) is 0 Å². The Morgan fingerprint density at radius 2 is 1.80 bits per heavy atom. The van der Waals surface area contributed by atoms with Crippen LogP contribution in [0, 0.1) is 0 Å². The van der Waals surface area contributed by atoms with Gasteiger partial charge in [0.2, 0.25) is 0 Å². The van der Waals surface area contributed by atoms with Crippen LogP contribution in [0.1, 0.15) is 11.6 Å². The summed E-state index contributed by atoms with van der Waals surface area (Å²) < 4.78 is 12.9. The number of benzene rings is 3. The van der Waals surface area contributed by atoms with E-state index in [1.54, 1.807) is 4.68 Å². The van der Waals surface area contributed by atoms with Gasteiger partial charge in [0, 0.05) is 18.0 Å². The van der Waals surface area contributed by atoms with Crippen molar-refractivity contribution in [1.82, 2.24) is 14.8 Å². The van der Waals surface area contributed by atoms with Gasteiger partial charge < -0.3 is 9.15 Å². The molecule has 0 aliphatic heterocycles. The van der Waals surface area contributed by atoms with E-state index in [0.29, 0.717) is 11.6 Å². The average molecular weight is 397 g/mol. The van der Waals surface area contributed by atoms with Gasteiger partial charge in [0.15, 0.2) is 18.3 Å². The van der Waals surface area contributed by atoms with E-state index in [9.17, 15) is 4.79 Å². The zero-order valence-electron chi connectivity index (χ0n) is 16.4. The molecule has 0 saturated heterocycles. The van der Waals surface area contributed by atoms with Gasteiger partial charge in [0.05, 0.1) is 0 Å². The maximum Gasteiger partial charge on any atom is 0.313 e. The Morgan fingerprint density at radius 3 is 2.67 bits per heavy atom. The van der Waals surface area contributed by atoms with Crippen LogP contribution in [0.25, 0.3) is 33.1 Å². The van der Waals surface area contributed by atoms with E-state index in [4.69, 9.17) is 9.15 Å². The van der Waals surface area contributed by atoms with Crippen molar-refractivity contribution in [1.29, 1.82) is 0 Å². The Hall–Kier alpha value is -3.93. The fraction of sp³-hybridized carbons (Fsp3) is 0.125. The Morgan fingerprint density at radius 1 is 1.00 bits per heavy atom. The maximum absolute atomic E-state index is 12.3. The maximum atomic E-state index is 12.3. The average Bonchev–Trinajstić information content (AvgIpc) is 3.35. The second-order valence-corrected chi connectivity index (χ2v) is 7.09. The normalized spacial score (nSPS) is 11.2. The van der Waals surface area contributed by atoms with E-state index >= 15 is 0 Å². The first-order valence-electron chi connectivity index (χ1n) is 9.68. The third-order valence-electron chi connectivity index (χ3n) is 5.00. The van der Waals surface area contributed by atoms with Gasteiger partial charge >= 0.3 is 5.97 Å². The first-order valence-corrected chi connectivity index (χ1v) is 9.68. The molecule has 0 aliphatic carbocycles. The monoisotopic (exact) mass is 397 g/mol. The first kappa shape index (κ1) is 18.1. The lowest BCUT2D eigenvalue weighted by Crippen LogP contribution is -2.08. The van der Waals surface area contributed by atoms with E-state index in [0.717, 1.165) is 33.1 Å². The van der Waals surface area contributed by atoms with E-state index < -0.39 is 0 Å². The smallest absolute Gasteiger partial charge is 0.313 e. The Balaban J connectivity index is 1.28. The second-order valence-electron chi connectivity index (χ2n) is 7.09. The van der Waals surface area contributed by atoms with Crippen LogP contribution in [0.15, 0.2) is 77.2 Å². The highest BCUT2D eigenvalue weighted by Crippen LogP contribution is 2.28. The fourth-order valence-electron chi connectivity index (χ4n) is 3.61. The number of hydrogen-bond donors (Lipinski definition) is 0. The molecular formula is C24H19N3O3. The molecule has 0 atom stereocenters. The molecule has 5 aromatic rings. The fourth-order valence-corrected chi connectivity index (χ4v) is 3.61. The number of nitrogens with zero attached hydrogens (tertiary/aromatic N) is 3. The number of carbonyl (C=O) groups excluding carboxylic acids is 1. The molecule has 3 aromatic carbocycles. The number of fused-ring (bicyclic) bond motifs is 3. The molecule has 5 rings (SSSR count). The van der Waals surface area contributed by atoms with Crippen LogP contribution in [-0.4, -0.2) is 20.7 Å². The van der Waals surface area contributed by atoms with Crippen LogP contribution in [0.5, 0.6) is 0 Å². The third-order valence-corrected chi connectivity index (χ3v) is 5.00. The predicted octanol–water partition coefficient (Wildman–Crippen LogP) is 4.67. The van der Waals surface area contributed by atoms with E-state index in [1.807, 2.05) is 73.8 Å². The van der Waals surface area contributed by atoms with Gasteiger partial charge in [-0.3, -0.25) is 4.79 Å². The Bertz CT molecular complexity index is 1350. The lowest BCUT2D eigenvalue weighted by atomic mass is 10.1. The molecule has 2 heterocycles. The summed E-state index contributed by atoms with van der Waals surface area (Å²) in [5.41, 5.74) is 1.72. The molecule has 148 valence electrons. The zero-order chi connectivity index (χ0) is 20.5. The predicted molar refractivity (Wildman–Crippen MR) is 114 cm³/mol. The molecule has 0 saturated carbocycles. The molecule has 0 N–H and O–H groups in total. The summed E-state index contributed by atoms with van der Waals surface area (Å²) in [5, 5.41) is 7.57. The van der Waals surface area contributed by atoms with Crippen LogP contribution in [-0.2, 0) is 29.6 Å². The quantitative estimate of drug-likeness (QED) is 0.403. The van der Waals surface area contributed by atoms with Gasteiger partial charge in [-0.1, -0.05) is 60.7 Å². The van der Waals surface area contributed by atoms with Crippen molar-refractivity contribution >= 4 is 27.7 Å². The van der Waals surface area contributed by atoms with Crippen molar-refractivity contribution in [3.8, 4) is 11.4 Å². The summed E-state index contributed by atoms with van der Waals surface area (Å²) >= 11 is 0. The standard InChI is InChI=1S/C24H19N3O3/c1-27-24(17-8-3-2-4-9-17)25-22(26-27)15-29-23(28)14-18-13-20-19-10-6-5-7-16(19)11-12-21(20)30-18/h2-13H,14-15H2,1H3. The van der Waals surface area contributed by atoms with Crippen molar-refractivity contribution in [3.63, 3.8) is 0 Å². The molecule has 30 heavy (non-hydrogen) atoms. The molecule has 6 nitrogen and oxygen atoms in total. The SMILES string of the molecule is Cn1nc(COC(=O)Cc2cc3c(ccc4ccccc43)o2)nc1-c1ccccc1. The summed E-state index contributed by atoms with van der Waals surface area (Å²) in [6.07, 6.45) is 0.0569. The zero-order valence-corrected chi connectivity index (χ0v) is 16.4. The molecule has 0 unspecified atom stereocenters. The second kappa shape index (κ2) is 7.48. The molecule has 0 spiro atoms. The van der Waals surface area contributed by atoms with Crippen molar-refractivity contribution < 1.29 is 13.9 Å². The summed E-state index contributed by atoms with van der Waals surface area (Å²) in [6.45, 7) is 0.0165. The van der Waals surface area contributed by atoms with Gasteiger partial charge in [0.1, 0.15) is 17.8 Å². The minimum Gasteiger partial charge on any atom is -0.460 e. The number of ether oxygens (including phenoxy) is 1. The van der Waals surface area contributed by atoms with Crippen LogP contribution >= 0.6 is 0 Å². The Labute approximate surface area is 172 Å². The van der Waals surface area contributed by atoms with Gasteiger partial charge in [-0.2, -0.15) is 5.10 Å². The minimum absolute atomic E-state index is 0.0165. The van der Waals surface area contributed by atoms with Crippen LogP contribution in [0.2, 0.25) is 0 Å². The minimum atomic E-state index is -0.382. The van der Waals surface area contributed by atoms with E-state index in [-0.39, 0.29) is 19.0 Å². The van der Waals surface area contributed by atoms with Gasteiger partial charge in [0.25, 0.3) is 0 Å². The molecule has 6 heteroatoms. The number of hydrogen-bond acceptors (Lipinski definition) is 5. The number of rotatable bonds is 5. The number of esters is 1. The van der Waals surface area contributed by atoms with E-state index in [1.165, 1.54) is 0 Å². The van der Waals surface area contributed by atoms with Gasteiger partial charge in [-0.05, 0) is 22.9 Å². The number of carbonyl (C=O) groups is 1. The number of furan rings is 1. The van der Waals surface area contributed by atoms with Crippen molar-refractivity contribution in [2.75, 3.05) is 0 Å². The molecular weight excluding hydrogens is 378 g/mol. The van der Waals surface area contributed by atoms with Gasteiger partial charge in [-0.25, -0.2) is 9.67 Å². The highest BCUT2D eigenvalue weighted by molar-refractivity contribution is 6.06. The highest BCUT2D eigenvalue weighted by Gasteiger charge is 2.14. The van der Waals surface area contributed by atoms with Crippen LogP contribution < -0.4 is 0 Å².